The quantitative estimate of drug-likeness (QED) is 0.502. The molecule has 0 saturated heterocycles. The second kappa shape index (κ2) is 3.84. The molecule has 0 amide bonds. The first-order valence-electron chi connectivity index (χ1n) is 3.55. The van der Waals surface area contributed by atoms with Gasteiger partial charge in [-0.05, 0) is 37.1 Å². The molecule has 0 aromatic rings. The van der Waals surface area contributed by atoms with Crippen molar-refractivity contribution in [1.82, 2.24) is 4.84 Å². The molecule has 3 heteroatoms. The van der Waals surface area contributed by atoms with Crippen molar-refractivity contribution in [3.8, 4) is 0 Å². The predicted molar refractivity (Wildman–Crippen MR) is 41.7 cm³/mol. The number of hydrogen-bond acceptors (Lipinski definition) is 2. The van der Waals surface area contributed by atoms with Crippen LogP contribution in [0.1, 0.15) is 19.8 Å². The summed E-state index contributed by atoms with van der Waals surface area (Å²) in [6, 6.07) is 0. The Morgan fingerprint density at radius 1 is 1.70 bits per heavy atom. The van der Waals surface area contributed by atoms with Crippen molar-refractivity contribution in [3.63, 3.8) is 0 Å². The molecule has 1 rings (SSSR count). The van der Waals surface area contributed by atoms with Gasteiger partial charge in [-0.2, -0.15) is 0 Å². The molecule has 1 fully saturated rings. The van der Waals surface area contributed by atoms with Gasteiger partial charge in [-0.15, -0.1) is 0 Å². The van der Waals surface area contributed by atoms with E-state index in [1.165, 1.54) is 18.4 Å². The summed E-state index contributed by atoms with van der Waals surface area (Å²) >= 11 is 5.34. The second-order valence-electron chi connectivity index (χ2n) is 2.27. The maximum atomic E-state index is 5.34. The van der Waals surface area contributed by atoms with Crippen molar-refractivity contribution >= 4 is 11.8 Å². The summed E-state index contributed by atoms with van der Waals surface area (Å²) in [4.78, 5) is 2.56. The van der Waals surface area contributed by atoms with Gasteiger partial charge >= 0.3 is 0 Å². The van der Waals surface area contributed by atoms with Gasteiger partial charge in [0, 0.05) is 0 Å². The Morgan fingerprint density at radius 2 is 2.40 bits per heavy atom. The highest BCUT2D eigenvalue weighted by molar-refractivity contribution is 6.13. The fourth-order valence-corrected chi connectivity index (χ4v) is 0.976. The minimum Gasteiger partial charge on any atom is -0.497 e. The number of ether oxygens (including phenoxy) is 1. The molecule has 0 heterocycles. The smallest absolute Gasteiger partial charge is 0.110 e. The van der Waals surface area contributed by atoms with Crippen LogP contribution in [0.3, 0.4) is 0 Å². The van der Waals surface area contributed by atoms with E-state index in [2.05, 4.69) is 4.84 Å². The van der Waals surface area contributed by atoms with Crippen LogP contribution in [0.4, 0.5) is 0 Å². The molecule has 0 aromatic heterocycles. The van der Waals surface area contributed by atoms with E-state index < -0.39 is 0 Å². The van der Waals surface area contributed by atoms with Crippen molar-refractivity contribution in [2.75, 3.05) is 13.2 Å². The monoisotopic (exact) mass is 161 g/mol. The molecule has 0 spiro atoms. The van der Waals surface area contributed by atoms with E-state index in [9.17, 15) is 0 Å². The Labute approximate surface area is 66.3 Å². The lowest BCUT2D eigenvalue weighted by Crippen LogP contribution is -2.07. The van der Waals surface area contributed by atoms with E-state index in [1.54, 1.807) is 0 Å². The molecular weight excluding hydrogens is 150 g/mol. The van der Waals surface area contributed by atoms with Crippen molar-refractivity contribution in [1.29, 1.82) is 0 Å². The Kier molecular flexibility index (Phi) is 3.03. The Balaban J connectivity index is 2.36. The van der Waals surface area contributed by atoms with Crippen LogP contribution in [-0.4, -0.2) is 13.2 Å². The first-order valence-corrected chi connectivity index (χ1v) is 3.93. The van der Waals surface area contributed by atoms with Crippen molar-refractivity contribution in [3.05, 3.63) is 11.3 Å². The third kappa shape index (κ3) is 2.20. The average molecular weight is 162 g/mol. The summed E-state index contributed by atoms with van der Waals surface area (Å²) in [5.74, 6) is 1.04. The van der Waals surface area contributed by atoms with Crippen molar-refractivity contribution in [2.24, 2.45) is 0 Å². The number of halogens is 1. The molecule has 10 heavy (non-hydrogen) atoms. The topological polar surface area (TPSA) is 21.3 Å². The van der Waals surface area contributed by atoms with Gasteiger partial charge < -0.3 is 4.74 Å². The molecule has 0 atom stereocenters. The molecule has 2 nitrogen and oxygen atoms in total. The molecule has 0 bridgehead atoms. The molecule has 0 aliphatic heterocycles. The molecular formula is C7H12ClNO. The third-order valence-electron chi connectivity index (χ3n) is 1.44. The first kappa shape index (κ1) is 7.89. The minimum atomic E-state index is 0.657. The highest BCUT2D eigenvalue weighted by Gasteiger charge is 2.18. The lowest BCUT2D eigenvalue weighted by molar-refractivity contribution is 0.223. The summed E-state index contributed by atoms with van der Waals surface area (Å²) in [5, 5.41) is 0. The molecule has 58 valence electrons. The largest absolute Gasteiger partial charge is 0.497 e. The zero-order chi connectivity index (χ0) is 7.40. The van der Waals surface area contributed by atoms with Crippen LogP contribution in [0.25, 0.3) is 0 Å². The molecule has 1 aliphatic carbocycles. The van der Waals surface area contributed by atoms with Gasteiger partial charge in [0.1, 0.15) is 5.76 Å². The molecule has 0 radical (unpaired) electrons. The Morgan fingerprint density at radius 3 is 2.80 bits per heavy atom. The maximum absolute atomic E-state index is 5.34. The van der Waals surface area contributed by atoms with E-state index in [4.69, 9.17) is 16.5 Å². The molecule has 1 aliphatic rings. The lowest BCUT2D eigenvalue weighted by atomic mass is 10.4. The number of allylic oxidation sites excluding steroid dienone is 1. The minimum absolute atomic E-state index is 0.657. The zero-order valence-corrected chi connectivity index (χ0v) is 6.87. The first-order chi connectivity index (χ1) is 4.88. The van der Waals surface area contributed by atoms with Gasteiger partial charge in [0.25, 0.3) is 0 Å². The summed E-state index contributed by atoms with van der Waals surface area (Å²) in [5.41, 5.74) is 1.41. The van der Waals surface area contributed by atoms with Crippen LogP contribution in [0.5, 0.6) is 0 Å². The van der Waals surface area contributed by atoms with E-state index in [-0.39, 0.29) is 0 Å². The van der Waals surface area contributed by atoms with Gasteiger partial charge in [-0.25, -0.2) is 4.84 Å². The van der Waals surface area contributed by atoms with Gasteiger partial charge in [0.2, 0.25) is 0 Å². The molecule has 1 N–H and O–H groups in total. The van der Waals surface area contributed by atoms with Gasteiger partial charge in [-0.1, -0.05) is 0 Å². The van der Waals surface area contributed by atoms with Crippen LogP contribution in [0.15, 0.2) is 11.3 Å². The normalized spacial score (nSPS) is 15.2. The van der Waals surface area contributed by atoms with Crippen molar-refractivity contribution < 1.29 is 4.74 Å². The molecule has 0 aromatic carbocycles. The van der Waals surface area contributed by atoms with Gasteiger partial charge in [-0.3, -0.25) is 0 Å². The maximum Gasteiger partial charge on any atom is 0.110 e. The van der Waals surface area contributed by atoms with Crippen LogP contribution in [-0.2, 0) is 4.74 Å². The number of hydrogen-bond donors (Lipinski definition) is 1. The van der Waals surface area contributed by atoms with E-state index in [1.807, 2.05) is 6.92 Å². The van der Waals surface area contributed by atoms with Gasteiger partial charge in [0.15, 0.2) is 0 Å². The fraction of sp³-hybridized carbons (Fsp3) is 0.714. The van der Waals surface area contributed by atoms with Crippen LogP contribution < -0.4 is 4.84 Å². The summed E-state index contributed by atoms with van der Waals surface area (Å²) < 4.78 is 5.34. The summed E-state index contributed by atoms with van der Waals surface area (Å²) in [6.07, 6.45) is 2.38. The van der Waals surface area contributed by atoms with Crippen LogP contribution in [0.2, 0.25) is 0 Å². The lowest BCUT2D eigenvalue weighted by Gasteiger charge is -2.05. The predicted octanol–water partition coefficient (Wildman–Crippen LogP) is 1.81. The van der Waals surface area contributed by atoms with Gasteiger partial charge in [0.05, 0.1) is 13.2 Å². The van der Waals surface area contributed by atoms with E-state index in [0.29, 0.717) is 6.54 Å². The Hall–Kier alpha value is -0.210. The summed E-state index contributed by atoms with van der Waals surface area (Å²) in [6.45, 7) is 3.37. The SMILES string of the molecule is CCOC(CNCl)=C1CC1. The van der Waals surface area contributed by atoms with E-state index >= 15 is 0 Å². The molecule has 1 saturated carbocycles. The standard InChI is InChI=1S/C7H12ClNO/c1-2-10-7(5-9-8)6-3-4-6/h9H,2-5H2,1H3. The van der Waals surface area contributed by atoms with Crippen LogP contribution in [0, 0.1) is 0 Å². The highest BCUT2D eigenvalue weighted by atomic mass is 35.5. The van der Waals surface area contributed by atoms with Crippen molar-refractivity contribution in [2.45, 2.75) is 19.8 Å². The Bertz CT molecular complexity index is 131. The highest BCUT2D eigenvalue weighted by Crippen LogP contribution is 2.31. The zero-order valence-electron chi connectivity index (χ0n) is 6.11. The average Bonchev–Trinajstić information content (AvgIpc) is 2.69. The van der Waals surface area contributed by atoms with E-state index in [0.717, 1.165) is 12.4 Å². The third-order valence-corrected chi connectivity index (χ3v) is 1.57. The fourth-order valence-electron chi connectivity index (χ4n) is 0.854. The van der Waals surface area contributed by atoms with Crippen LogP contribution >= 0.6 is 11.8 Å². The number of nitrogens with one attached hydrogen (secondary N) is 1. The number of rotatable bonds is 4. The summed E-state index contributed by atoms with van der Waals surface area (Å²) in [7, 11) is 0. The second-order valence-corrected chi connectivity index (χ2v) is 2.54. The molecule has 0 unspecified atom stereocenters.